The third kappa shape index (κ3) is 4.25. The summed E-state index contributed by atoms with van der Waals surface area (Å²) in [5.74, 6) is 0. The van der Waals surface area contributed by atoms with Gasteiger partial charge in [0.1, 0.15) is 0 Å². The van der Waals surface area contributed by atoms with E-state index in [1.807, 2.05) is 12.4 Å². The molecule has 86 valence electrons. The Balaban J connectivity index is 2.36. The Bertz CT molecular complexity index is 290. The van der Waals surface area contributed by atoms with E-state index in [1.165, 1.54) is 4.88 Å². The lowest BCUT2D eigenvalue weighted by Gasteiger charge is -2.20. The quantitative estimate of drug-likeness (QED) is 0.786. The second-order valence-electron chi connectivity index (χ2n) is 3.77. The standard InChI is InChI=1S/C10H19N3OS/c1-8-10(15-7-12-8)5-13(2)4-9(11)6-14-3/h7,9H,4-6,11H2,1-3H3. The molecule has 1 aromatic heterocycles. The molecule has 1 rings (SSSR count). The van der Waals surface area contributed by atoms with Crippen molar-refractivity contribution in [2.45, 2.75) is 19.5 Å². The van der Waals surface area contributed by atoms with Gasteiger partial charge in [0.25, 0.3) is 0 Å². The lowest BCUT2D eigenvalue weighted by atomic mass is 10.3. The number of hydrogen-bond acceptors (Lipinski definition) is 5. The van der Waals surface area contributed by atoms with Crippen molar-refractivity contribution in [2.24, 2.45) is 5.73 Å². The Morgan fingerprint density at radius 2 is 2.40 bits per heavy atom. The van der Waals surface area contributed by atoms with Crippen LogP contribution in [0.4, 0.5) is 0 Å². The van der Waals surface area contributed by atoms with Crippen LogP contribution >= 0.6 is 11.3 Å². The number of hydrogen-bond donors (Lipinski definition) is 1. The van der Waals surface area contributed by atoms with Crippen LogP contribution in [0, 0.1) is 6.92 Å². The second-order valence-corrected chi connectivity index (χ2v) is 4.71. The van der Waals surface area contributed by atoms with Crippen molar-refractivity contribution in [1.29, 1.82) is 0 Å². The summed E-state index contributed by atoms with van der Waals surface area (Å²) in [7, 11) is 3.74. The van der Waals surface area contributed by atoms with Crippen LogP contribution in [0.1, 0.15) is 10.6 Å². The van der Waals surface area contributed by atoms with Crippen LogP contribution in [0.2, 0.25) is 0 Å². The number of likely N-dealkylation sites (N-methyl/N-ethyl adjacent to an activating group) is 1. The molecule has 0 radical (unpaired) electrons. The molecule has 15 heavy (non-hydrogen) atoms. The van der Waals surface area contributed by atoms with E-state index in [1.54, 1.807) is 18.4 Å². The van der Waals surface area contributed by atoms with Crippen molar-refractivity contribution in [3.63, 3.8) is 0 Å². The monoisotopic (exact) mass is 229 g/mol. The highest BCUT2D eigenvalue weighted by Crippen LogP contribution is 2.13. The lowest BCUT2D eigenvalue weighted by molar-refractivity contribution is 0.160. The smallest absolute Gasteiger partial charge is 0.0798 e. The minimum absolute atomic E-state index is 0.0771. The van der Waals surface area contributed by atoms with Gasteiger partial charge in [-0.05, 0) is 14.0 Å². The normalized spacial score (nSPS) is 13.4. The average molecular weight is 229 g/mol. The molecule has 2 N–H and O–H groups in total. The van der Waals surface area contributed by atoms with E-state index in [0.717, 1.165) is 18.8 Å². The predicted molar refractivity (Wildman–Crippen MR) is 63.0 cm³/mol. The Labute approximate surface area is 95.1 Å². The Morgan fingerprint density at radius 1 is 1.67 bits per heavy atom. The Hall–Kier alpha value is -0.490. The molecule has 0 aliphatic carbocycles. The van der Waals surface area contributed by atoms with Gasteiger partial charge >= 0.3 is 0 Å². The summed E-state index contributed by atoms with van der Waals surface area (Å²) in [6.07, 6.45) is 0. The topological polar surface area (TPSA) is 51.4 Å². The van der Waals surface area contributed by atoms with E-state index in [0.29, 0.717) is 6.61 Å². The molecule has 5 heteroatoms. The molecule has 0 saturated carbocycles. The molecule has 0 aliphatic rings. The number of nitrogens with zero attached hydrogens (tertiary/aromatic N) is 2. The van der Waals surface area contributed by atoms with E-state index in [9.17, 15) is 0 Å². The molecule has 1 unspecified atom stereocenters. The van der Waals surface area contributed by atoms with Gasteiger partial charge in [0.2, 0.25) is 0 Å². The molecular formula is C10H19N3OS. The molecule has 1 heterocycles. The van der Waals surface area contributed by atoms with E-state index in [-0.39, 0.29) is 6.04 Å². The second kappa shape index (κ2) is 6.17. The molecule has 0 bridgehead atoms. The Morgan fingerprint density at radius 3 is 2.93 bits per heavy atom. The number of thiazole rings is 1. The van der Waals surface area contributed by atoms with Crippen LogP contribution in [0.5, 0.6) is 0 Å². The van der Waals surface area contributed by atoms with Gasteiger partial charge in [0, 0.05) is 31.1 Å². The van der Waals surface area contributed by atoms with Gasteiger partial charge in [-0.15, -0.1) is 11.3 Å². The van der Waals surface area contributed by atoms with E-state index in [2.05, 4.69) is 16.9 Å². The first-order valence-electron chi connectivity index (χ1n) is 4.95. The summed E-state index contributed by atoms with van der Waals surface area (Å²) in [5.41, 5.74) is 8.87. The zero-order chi connectivity index (χ0) is 11.3. The molecule has 0 saturated heterocycles. The van der Waals surface area contributed by atoms with Crippen LogP contribution in [-0.4, -0.2) is 43.2 Å². The average Bonchev–Trinajstić information content (AvgIpc) is 2.52. The lowest BCUT2D eigenvalue weighted by Crippen LogP contribution is -2.38. The van der Waals surface area contributed by atoms with Crippen LogP contribution in [0.15, 0.2) is 5.51 Å². The maximum atomic E-state index is 5.87. The minimum Gasteiger partial charge on any atom is -0.383 e. The molecule has 0 fully saturated rings. The minimum atomic E-state index is 0.0771. The van der Waals surface area contributed by atoms with Crippen molar-refractivity contribution < 1.29 is 4.74 Å². The third-order valence-electron chi connectivity index (χ3n) is 2.19. The highest BCUT2D eigenvalue weighted by atomic mass is 32.1. The van der Waals surface area contributed by atoms with Crippen molar-refractivity contribution in [2.75, 3.05) is 27.3 Å². The van der Waals surface area contributed by atoms with Crippen molar-refractivity contribution in [3.05, 3.63) is 16.1 Å². The van der Waals surface area contributed by atoms with Gasteiger partial charge in [-0.3, -0.25) is 4.90 Å². The maximum Gasteiger partial charge on any atom is 0.0798 e. The van der Waals surface area contributed by atoms with Crippen LogP contribution in [0.25, 0.3) is 0 Å². The van der Waals surface area contributed by atoms with Gasteiger partial charge in [-0.2, -0.15) is 0 Å². The summed E-state index contributed by atoms with van der Waals surface area (Å²) in [6.45, 7) is 4.39. The first kappa shape index (κ1) is 12.6. The van der Waals surface area contributed by atoms with Gasteiger partial charge in [0.05, 0.1) is 17.8 Å². The van der Waals surface area contributed by atoms with Gasteiger partial charge in [0.15, 0.2) is 0 Å². The number of methoxy groups -OCH3 is 1. The zero-order valence-corrected chi connectivity index (χ0v) is 10.4. The fourth-order valence-electron chi connectivity index (χ4n) is 1.45. The Kier molecular flexibility index (Phi) is 5.17. The number of aromatic nitrogens is 1. The fourth-order valence-corrected chi connectivity index (χ4v) is 2.31. The van der Waals surface area contributed by atoms with Gasteiger partial charge in [-0.1, -0.05) is 0 Å². The maximum absolute atomic E-state index is 5.87. The fraction of sp³-hybridized carbons (Fsp3) is 0.700. The van der Waals surface area contributed by atoms with Crippen LogP contribution in [-0.2, 0) is 11.3 Å². The van der Waals surface area contributed by atoms with Gasteiger partial charge < -0.3 is 10.5 Å². The summed E-state index contributed by atoms with van der Waals surface area (Å²) < 4.78 is 5.00. The van der Waals surface area contributed by atoms with Crippen molar-refractivity contribution in [3.8, 4) is 0 Å². The van der Waals surface area contributed by atoms with E-state index >= 15 is 0 Å². The highest BCUT2D eigenvalue weighted by molar-refractivity contribution is 7.09. The van der Waals surface area contributed by atoms with Gasteiger partial charge in [-0.25, -0.2) is 4.98 Å². The highest BCUT2D eigenvalue weighted by Gasteiger charge is 2.09. The molecule has 4 nitrogen and oxygen atoms in total. The molecule has 0 amide bonds. The molecule has 0 spiro atoms. The SMILES string of the molecule is COCC(N)CN(C)Cc1scnc1C. The first-order valence-corrected chi connectivity index (χ1v) is 5.83. The summed E-state index contributed by atoms with van der Waals surface area (Å²) in [5, 5.41) is 0. The van der Waals surface area contributed by atoms with Crippen LogP contribution < -0.4 is 5.73 Å². The molecule has 0 aliphatic heterocycles. The largest absolute Gasteiger partial charge is 0.383 e. The number of ether oxygens (including phenoxy) is 1. The number of aryl methyl sites for hydroxylation is 1. The first-order chi connectivity index (χ1) is 7.13. The van der Waals surface area contributed by atoms with E-state index < -0.39 is 0 Å². The zero-order valence-electron chi connectivity index (χ0n) is 9.56. The van der Waals surface area contributed by atoms with Crippen LogP contribution in [0.3, 0.4) is 0 Å². The number of rotatable bonds is 6. The van der Waals surface area contributed by atoms with Crippen molar-refractivity contribution in [1.82, 2.24) is 9.88 Å². The molecule has 1 atom stereocenters. The molecule has 0 aromatic carbocycles. The summed E-state index contributed by atoms with van der Waals surface area (Å²) in [4.78, 5) is 7.73. The summed E-state index contributed by atoms with van der Waals surface area (Å²) >= 11 is 1.69. The summed E-state index contributed by atoms with van der Waals surface area (Å²) in [6, 6.07) is 0.0771. The van der Waals surface area contributed by atoms with E-state index in [4.69, 9.17) is 10.5 Å². The molecule has 1 aromatic rings. The predicted octanol–water partition coefficient (Wildman–Crippen LogP) is 0.857. The number of nitrogens with two attached hydrogens (primary N) is 1. The molecular weight excluding hydrogens is 210 g/mol. The third-order valence-corrected chi connectivity index (χ3v) is 3.11. The van der Waals surface area contributed by atoms with Crippen molar-refractivity contribution >= 4 is 11.3 Å².